The molecule has 3 aliphatic rings. The van der Waals surface area contributed by atoms with Gasteiger partial charge in [0.25, 0.3) is 0 Å². The first-order valence-electron chi connectivity index (χ1n) is 6.92. The number of carbonyl (C=O) groups is 2. The van der Waals surface area contributed by atoms with Crippen molar-refractivity contribution in [1.29, 1.82) is 0 Å². The number of hydrogen-bond donors (Lipinski definition) is 0. The Morgan fingerprint density at radius 1 is 0.952 bits per heavy atom. The van der Waals surface area contributed by atoms with Gasteiger partial charge in [0, 0.05) is 13.2 Å². The first-order chi connectivity index (χ1) is 10.0. The second-order valence-electron chi connectivity index (χ2n) is 5.99. The van der Waals surface area contributed by atoms with Gasteiger partial charge in [0.15, 0.2) is 0 Å². The maximum atomic E-state index is 12.8. The Labute approximate surface area is 153 Å². The number of rotatable bonds is 1. The second kappa shape index (κ2) is 5.03. The van der Waals surface area contributed by atoms with Crippen molar-refractivity contribution in [2.75, 3.05) is 4.90 Å². The van der Waals surface area contributed by atoms with E-state index in [1.807, 2.05) is 24.3 Å². The molecule has 6 heteroatoms. The number of hydrogen-bond acceptors (Lipinski definition) is 2. The second-order valence-corrected chi connectivity index (χ2v) is 9.35. The molecule has 6 atom stereocenters. The van der Waals surface area contributed by atoms with E-state index < -0.39 is 0 Å². The molecule has 3 nitrogen and oxygen atoms in total. The van der Waals surface area contributed by atoms with Gasteiger partial charge in [-0.25, -0.2) is 0 Å². The minimum atomic E-state index is -0.139. The van der Waals surface area contributed by atoms with Crippen LogP contribution >= 0.6 is 54.5 Å². The molecule has 0 N–H and O–H groups in total. The lowest BCUT2D eigenvalue weighted by molar-refractivity contribution is -0.123. The van der Waals surface area contributed by atoms with Crippen molar-refractivity contribution in [3.05, 3.63) is 27.8 Å². The molecule has 1 aromatic carbocycles. The molecule has 0 radical (unpaired) electrons. The van der Waals surface area contributed by atoms with Crippen LogP contribution in [0.1, 0.15) is 6.42 Å². The van der Waals surface area contributed by atoms with Gasteiger partial charge in [-0.15, -0.1) is 0 Å². The van der Waals surface area contributed by atoms with Gasteiger partial charge in [-0.3, -0.25) is 14.5 Å². The van der Waals surface area contributed by atoms with Crippen LogP contribution in [0.2, 0.25) is 0 Å². The highest BCUT2D eigenvalue weighted by Gasteiger charge is 2.66. The number of benzene rings is 1. The molecular weight excluding hydrogens is 513 g/mol. The summed E-state index contributed by atoms with van der Waals surface area (Å²) in [5, 5.41) is 0. The maximum absolute atomic E-state index is 12.8. The third-order valence-corrected chi connectivity index (χ3v) is 9.00. The molecule has 0 unspecified atom stereocenters. The smallest absolute Gasteiger partial charge is 0.238 e. The van der Waals surface area contributed by atoms with Crippen LogP contribution < -0.4 is 4.90 Å². The molecule has 110 valence electrons. The first kappa shape index (κ1) is 14.6. The van der Waals surface area contributed by atoms with Crippen LogP contribution in [0.3, 0.4) is 0 Å². The van der Waals surface area contributed by atoms with Crippen molar-refractivity contribution < 1.29 is 9.59 Å². The largest absolute Gasteiger partial charge is 0.274 e. The minimum absolute atomic E-state index is 0.0115. The molecule has 2 amide bonds. The highest BCUT2D eigenvalue weighted by atomic mass is 127. The van der Waals surface area contributed by atoms with Crippen molar-refractivity contribution >= 4 is 72.0 Å². The Hall–Kier alpha value is 0.0500. The van der Waals surface area contributed by atoms with E-state index in [0.717, 1.165) is 9.99 Å². The highest BCUT2D eigenvalue weighted by Crippen LogP contribution is 2.60. The standard InChI is InChI=1S/C15H12Br2INO2/c16-12-8-5-9(13(12)17)11-10(8)14(20)19(15(11)21)7-3-1-6(18)2-4-7/h1-4,8-13H,5H2/t8-,9-,10-,11+,12-,13+/m1/s1. The molecule has 0 spiro atoms. The van der Waals surface area contributed by atoms with E-state index in [-0.39, 0.29) is 45.1 Å². The molecule has 1 heterocycles. The quantitative estimate of drug-likeness (QED) is 0.320. The molecule has 21 heavy (non-hydrogen) atoms. The molecule has 1 aliphatic heterocycles. The summed E-state index contributed by atoms with van der Waals surface area (Å²) in [5.74, 6) is 0.245. The Bertz CT molecular complexity index is 603. The number of imide groups is 1. The van der Waals surface area contributed by atoms with E-state index in [4.69, 9.17) is 0 Å². The van der Waals surface area contributed by atoms with Crippen molar-refractivity contribution in [3.8, 4) is 0 Å². The van der Waals surface area contributed by atoms with Crippen LogP contribution in [0.4, 0.5) is 5.69 Å². The van der Waals surface area contributed by atoms with E-state index >= 15 is 0 Å². The van der Waals surface area contributed by atoms with Gasteiger partial charge < -0.3 is 0 Å². The van der Waals surface area contributed by atoms with E-state index in [9.17, 15) is 9.59 Å². The predicted octanol–water partition coefficient (Wildman–Crippen LogP) is 3.57. The summed E-state index contributed by atoms with van der Waals surface area (Å²) in [7, 11) is 0. The van der Waals surface area contributed by atoms with Gasteiger partial charge in [0.05, 0.1) is 17.5 Å². The van der Waals surface area contributed by atoms with Crippen molar-refractivity contribution in [1.82, 2.24) is 0 Å². The predicted molar refractivity (Wildman–Crippen MR) is 95.7 cm³/mol. The van der Waals surface area contributed by atoms with Crippen LogP contribution in [0.25, 0.3) is 0 Å². The summed E-state index contributed by atoms with van der Waals surface area (Å²) in [6.45, 7) is 0. The summed E-state index contributed by atoms with van der Waals surface area (Å²) in [4.78, 5) is 27.6. The summed E-state index contributed by atoms with van der Waals surface area (Å²) >= 11 is 9.62. The maximum Gasteiger partial charge on any atom is 0.238 e. The third kappa shape index (κ3) is 1.94. The van der Waals surface area contributed by atoms with E-state index in [0.29, 0.717) is 5.69 Å². The van der Waals surface area contributed by atoms with Crippen molar-refractivity contribution in [2.24, 2.45) is 23.7 Å². The Morgan fingerprint density at radius 2 is 1.43 bits per heavy atom. The highest BCUT2D eigenvalue weighted by molar-refractivity contribution is 14.1. The zero-order valence-electron chi connectivity index (χ0n) is 10.9. The molecule has 2 bridgehead atoms. The van der Waals surface area contributed by atoms with Gasteiger partial charge in [-0.1, -0.05) is 31.9 Å². The molecule has 0 aromatic heterocycles. The molecular formula is C15H12Br2INO2. The SMILES string of the molecule is O=C1[C@@H]2[C@H]3C[C@@H]([C@H](Br)[C@@H]3Br)[C@@H]2C(=O)N1c1ccc(I)cc1. The number of nitrogens with zero attached hydrogens (tertiary/aromatic N) is 1. The van der Waals surface area contributed by atoms with Crippen LogP contribution in [0, 0.1) is 27.2 Å². The van der Waals surface area contributed by atoms with Crippen LogP contribution in [-0.4, -0.2) is 21.5 Å². The van der Waals surface area contributed by atoms with Gasteiger partial charge in [-0.2, -0.15) is 0 Å². The number of amides is 2. The van der Waals surface area contributed by atoms with Gasteiger partial charge in [0.2, 0.25) is 11.8 Å². The molecule has 2 saturated carbocycles. The number of halogens is 3. The summed E-state index contributed by atoms with van der Waals surface area (Å²) in [5.41, 5.74) is 0.705. The van der Waals surface area contributed by atoms with Crippen molar-refractivity contribution in [3.63, 3.8) is 0 Å². The van der Waals surface area contributed by atoms with Gasteiger partial charge >= 0.3 is 0 Å². The van der Waals surface area contributed by atoms with Crippen LogP contribution in [0.5, 0.6) is 0 Å². The minimum Gasteiger partial charge on any atom is -0.274 e. The van der Waals surface area contributed by atoms with E-state index in [1.165, 1.54) is 4.90 Å². The topological polar surface area (TPSA) is 37.4 Å². The Balaban J connectivity index is 1.73. The molecule has 2 aliphatic carbocycles. The average molecular weight is 525 g/mol. The number of anilines is 1. The lowest BCUT2D eigenvalue weighted by Crippen LogP contribution is -2.37. The Morgan fingerprint density at radius 3 is 1.90 bits per heavy atom. The number of carbonyl (C=O) groups excluding carboxylic acids is 2. The molecule has 1 saturated heterocycles. The third-order valence-electron chi connectivity index (χ3n) is 5.07. The fourth-order valence-corrected chi connectivity index (χ4v) is 6.43. The first-order valence-corrected chi connectivity index (χ1v) is 9.83. The zero-order valence-corrected chi connectivity index (χ0v) is 16.2. The monoisotopic (exact) mass is 523 g/mol. The molecule has 1 aromatic rings. The number of alkyl halides is 2. The van der Waals surface area contributed by atoms with E-state index in [2.05, 4.69) is 54.5 Å². The van der Waals surface area contributed by atoms with Crippen LogP contribution in [-0.2, 0) is 9.59 Å². The fraction of sp³-hybridized carbons (Fsp3) is 0.467. The van der Waals surface area contributed by atoms with Gasteiger partial charge in [0.1, 0.15) is 0 Å². The summed E-state index contributed by atoms with van der Waals surface area (Å²) < 4.78 is 1.09. The van der Waals surface area contributed by atoms with Gasteiger partial charge in [-0.05, 0) is 65.1 Å². The molecule has 3 fully saturated rings. The number of fused-ring (bicyclic) bond motifs is 5. The van der Waals surface area contributed by atoms with Crippen LogP contribution in [0.15, 0.2) is 24.3 Å². The fourth-order valence-electron chi connectivity index (χ4n) is 4.19. The average Bonchev–Trinajstić information content (AvgIpc) is 3.06. The summed E-state index contributed by atoms with van der Waals surface area (Å²) in [6, 6.07) is 7.58. The van der Waals surface area contributed by atoms with Crippen molar-refractivity contribution in [2.45, 2.75) is 16.1 Å². The normalized spacial score (nSPS) is 41.0. The summed E-state index contributed by atoms with van der Waals surface area (Å²) in [6.07, 6.45) is 0.971. The van der Waals surface area contributed by atoms with E-state index in [1.54, 1.807) is 0 Å². The Kier molecular flexibility index (Phi) is 3.50. The lowest BCUT2D eigenvalue weighted by atomic mass is 9.81. The molecule has 4 rings (SSSR count). The lowest BCUT2D eigenvalue weighted by Gasteiger charge is -2.28. The zero-order chi connectivity index (χ0) is 14.9.